The summed E-state index contributed by atoms with van der Waals surface area (Å²) >= 11 is 0. The molecule has 1 fully saturated rings. The van der Waals surface area contributed by atoms with Gasteiger partial charge in [0.1, 0.15) is 11.8 Å². The first kappa shape index (κ1) is 15.9. The Morgan fingerprint density at radius 3 is 3.14 bits per heavy atom. The van der Waals surface area contributed by atoms with E-state index in [1.54, 1.807) is 24.1 Å². The first-order valence-corrected chi connectivity index (χ1v) is 7.26. The van der Waals surface area contributed by atoms with E-state index in [0.717, 1.165) is 6.42 Å². The van der Waals surface area contributed by atoms with Gasteiger partial charge in [-0.25, -0.2) is 0 Å². The van der Waals surface area contributed by atoms with E-state index in [2.05, 4.69) is 10.4 Å². The molecular weight excluding hydrogens is 274 g/mol. The number of aryl methyl sites for hydroxylation is 1. The molecule has 7 heteroatoms. The second-order valence-corrected chi connectivity index (χ2v) is 5.21. The molecule has 0 aliphatic carbocycles. The van der Waals surface area contributed by atoms with Crippen LogP contribution >= 0.6 is 0 Å². The van der Waals surface area contributed by atoms with E-state index in [9.17, 15) is 9.90 Å². The average Bonchev–Trinajstić information content (AvgIpc) is 2.94. The van der Waals surface area contributed by atoms with Gasteiger partial charge in [-0.1, -0.05) is 6.92 Å². The average molecular weight is 297 g/mol. The number of methoxy groups -OCH3 is 1. The van der Waals surface area contributed by atoms with E-state index in [0.29, 0.717) is 32.0 Å². The van der Waals surface area contributed by atoms with Crippen molar-refractivity contribution in [2.45, 2.75) is 32.1 Å². The maximum Gasteiger partial charge on any atom is 0.269 e. The number of aromatic nitrogens is 2. The third kappa shape index (κ3) is 3.81. The zero-order valence-electron chi connectivity index (χ0n) is 12.5. The molecule has 3 atom stereocenters. The Morgan fingerprint density at radius 2 is 2.43 bits per heavy atom. The molecule has 0 aromatic carbocycles. The van der Waals surface area contributed by atoms with Gasteiger partial charge >= 0.3 is 0 Å². The van der Waals surface area contributed by atoms with Gasteiger partial charge in [0.25, 0.3) is 5.91 Å². The maximum absolute atomic E-state index is 12.2. The molecule has 0 unspecified atom stereocenters. The Labute approximate surface area is 124 Å². The van der Waals surface area contributed by atoms with Gasteiger partial charge in [0.05, 0.1) is 19.3 Å². The van der Waals surface area contributed by atoms with Crippen LogP contribution in [0, 0.1) is 5.92 Å². The van der Waals surface area contributed by atoms with Crippen LogP contribution in [0.25, 0.3) is 0 Å². The van der Waals surface area contributed by atoms with Crippen molar-refractivity contribution in [3.05, 3.63) is 18.0 Å². The fraction of sp³-hybridized carbons (Fsp3) is 0.714. The number of aliphatic hydroxyl groups is 1. The largest absolute Gasteiger partial charge is 0.390 e. The maximum atomic E-state index is 12.2. The molecule has 0 radical (unpaired) electrons. The molecule has 0 saturated carbocycles. The number of aliphatic hydroxyl groups excluding tert-OH is 1. The molecule has 2 heterocycles. The third-order valence-electron chi connectivity index (χ3n) is 3.69. The van der Waals surface area contributed by atoms with Crippen LogP contribution in [-0.2, 0) is 16.0 Å². The van der Waals surface area contributed by atoms with Crippen LogP contribution in [0.3, 0.4) is 0 Å². The normalized spacial score (nSPS) is 25.8. The van der Waals surface area contributed by atoms with Gasteiger partial charge < -0.3 is 19.9 Å². The number of rotatable bonds is 6. The van der Waals surface area contributed by atoms with Crippen molar-refractivity contribution in [2.75, 3.05) is 26.9 Å². The van der Waals surface area contributed by atoms with Crippen molar-refractivity contribution < 1.29 is 19.4 Å². The monoisotopic (exact) mass is 297 g/mol. The minimum absolute atomic E-state index is 0.171. The molecule has 1 aromatic rings. The SMILES string of the molecule is CCCn1nccc1C(=O)NC[C@@H]1COC[C@@H](OC)[C@H]1O. The molecule has 1 amide bonds. The van der Waals surface area contributed by atoms with Crippen LogP contribution in [-0.4, -0.2) is 59.9 Å². The van der Waals surface area contributed by atoms with Crippen LogP contribution in [0.15, 0.2) is 12.3 Å². The van der Waals surface area contributed by atoms with Crippen LogP contribution in [0.2, 0.25) is 0 Å². The topological polar surface area (TPSA) is 85.6 Å². The van der Waals surface area contributed by atoms with Gasteiger partial charge in [-0.3, -0.25) is 9.48 Å². The number of hydrogen-bond donors (Lipinski definition) is 2. The lowest BCUT2D eigenvalue weighted by Gasteiger charge is -2.33. The van der Waals surface area contributed by atoms with Gasteiger partial charge in [0.2, 0.25) is 0 Å². The van der Waals surface area contributed by atoms with Crippen molar-refractivity contribution in [3.63, 3.8) is 0 Å². The quantitative estimate of drug-likeness (QED) is 0.774. The predicted molar refractivity (Wildman–Crippen MR) is 76.0 cm³/mol. The summed E-state index contributed by atoms with van der Waals surface area (Å²) in [5.41, 5.74) is 0.534. The molecule has 7 nitrogen and oxygen atoms in total. The smallest absolute Gasteiger partial charge is 0.269 e. The van der Waals surface area contributed by atoms with Gasteiger partial charge in [0, 0.05) is 32.3 Å². The summed E-state index contributed by atoms with van der Waals surface area (Å²) < 4.78 is 12.2. The number of amides is 1. The van der Waals surface area contributed by atoms with E-state index in [-0.39, 0.29) is 17.9 Å². The minimum atomic E-state index is -0.635. The van der Waals surface area contributed by atoms with E-state index < -0.39 is 6.10 Å². The van der Waals surface area contributed by atoms with Crippen molar-refractivity contribution in [2.24, 2.45) is 5.92 Å². The number of ether oxygens (including phenoxy) is 2. The summed E-state index contributed by atoms with van der Waals surface area (Å²) in [6.45, 7) is 3.87. The van der Waals surface area contributed by atoms with Crippen molar-refractivity contribution in [3.8, 4) is 0 Å². The van der Waals surface area contributed by atoms with E-state index >= 15 is 0 Å². The molecule has 1 aliphatic rings. The molecule has 2 rings (SSSR count). The Kier molecular flexibility index (Phi) is 5.72. The summed E-state index contributed by atoms with van der Waals surface area (Å²) in [4.78, 5) is 12.2. The number of carbonyl (C=O) groups excluding carboxylic acids is 1. The summed E-state index contributed by atoms with van der Waals surface area (Å²) in [6, 6.07) is 1.69. The summed E-state index contributed by atoms with van der Waals surface area (Å²) in [5.74, 6) is -0.358. The lowest BCUT2D eigenvalue weighted by Crippen LogP contribution is -2.49. The fourth-order valence-corrected chi connectivity index (χ4v) is 2.45. The van der Waals surface area contributed by atoms with E-state index in [1.165, 1.54) is 0 Å². The lowest BCUT2D eigenvalue weighted by atomic mass is 9.96. The summed E-state index contributed by atoms with van der Waals surface area (Å²) in [6.07, 6.45) is 1.55. The molecule has 1 aliphatic heterocycles. The lowest BCUT2D eigenvalue weighted by molar-refractivity contribution is -0.132. The first-order valence-electron chi connectivity index (χ1n) is 7.26. The Balaban J connectivity index is 1.90. The Morgan fingerprint density at radius 1 is 1.62 bits per heavy atom. The van der Waals surface area contributed by atoms with Gasteiger partial charge in [0.15, 0.2) is 0 Å². The predicted octanol–water partition coefficient (Wildman–Crippen LogP) is 0.0452. The van der Waals surface area contributed by atoms with Gasteiger partial charge in [-0.05, 0) is 12.5 Å². The van der Waals surface area contributed by atoms with E-state index in [1.807, 2.05) is 6.92 Å². The molecule has 2 N–H and O–H groups in total. The second kappa shape index (κ2) is 7.53. The van der Waals surface area contributed by atoms with Crippen LogP contribution in [0.4, 0.5) is 0 Å². The molecule has 118 valence electrons. The number of nitrogens with one attached hydrogen (secondary N) is 1. The fourth-order valence-electron chi connectivity index (χ4n) is 2.45. The molecule has 0 spiro atoms. The first-order chi connectivity index (χ1) is 10.2. The van der Waals surface area contributed by atoms with Crippen LogP contribution in [0.5, 0.6) is 0 Å². The molecular formula is C14H23N3O4. The highest BCUT2D eigenvalue weighted by molar-refractivity contribution is 5.92. The highest BCUT2D eigenvalue weighted by Crippen LogP contribution is 2.17. The van der Waals surface area contributed by atoms with Crippen LogP contribution in [0.1, 0.15) is 23.8 Å². The summed E-state index contributed by atoms with van der Waals surface area (Å²) in [5, 5.41) is 17.1. The van der Waals surface area contributed by atoms with Crippen molar-refractivity contribution in [1.29, 1.82) is 0 Å². The molecule has 1 saturated heterocycles. The van der Waals surface area contributed by atoms with Gasteiger partial charge in [-0.2, -0.15) is 5.10 Å². The van der Waals surface area contributed by atoms with Crippen molar-refractivity contribution in [1.82, 2.24) is 15.1 Å². The van der Waals surface area contributed by atoms with Crippen molar-refractivity contribution >= 4 is 5.91 Å². The zero-order valence-corrected chi connectivity index (χ0v) is 12.5. The third-order valence-corrected chi connectivity index (χ3v) is 3.69. The van der Waals surface area contributed by atoms with Gasteiger partial charge in [-0.15, -0.1) is 0 Å². The Hall–Kier alpha value is -1.44. The molecule has 21 heavy (non-hydrogen) atoms. The standard InChI is InChI=1S/C14H23N3O4/c1-3-6-17-11(4-5-16-17)14(19)15-7-10-8-21-9-12(20-2)13(10)18/h4-5,10,12-13,18H,3,6-9H2,1-2H3,(H,15,19)/t10-,12-,13+/m1/s1. The van der Waals surface area contributed by atoms with E-state index in [4.69, 9.17) is 9.47 Å². The summed E-state index contributed by atoms with van der Waals surface area (Å²) in [7, 11) is 1.54. The minimum Gasteiger partial charge on any atom is -0.390 e. The second-order valence-electron chi connectivity index (χ2n) is 5.21. The Bertz CT molecular complexity index is 463. The number of carbonyl (C=O) groups is 1. The molecule has 0 bridgehead atoms. The molecule has 1 aromatic heterocycles. The number of hydrogen-bond acceptors (Lipinski definition) is 5. The highest BCUT2D eigenvalue weighted by Gasteiger charge is 2.33. The zero-order chi connectivity index (χ0) is 15.2. The highest BCUT2D eigenvalue weighted by atomic mass is 16.5. The van der Waals surface area contributed by atoms with Crippen LogP contribution < -0.4 is 5.32 Å². The number of nitrogens with zero attached hydrogens (tertiary/aromatic N) is 2.